The molecule has 1 heterocycles. The molecule has 0 radical (unpaired) electrons. The van der Waals surface area contributed by atoms with E-state index in [0.717, 1.165) is 71.8 Å². The van der Waals surface area contributed by atoms with Gasteiger partial charge in [0.2, 0.25) is 0 Å². The zero-order valence-electron chi connectivity index (χ0n) is 38.7. The van der Waals surface area contributed by atoms with Gasteiger partial charge in [0, 0.05) is 27.2 Å². The molecule has 1 aromatic heterocycles. The van der Waals surface area contributed by atoms with Gasteiger partial charge in [-0.1, -0.05) is 237 Å². The quantitative estimate of drug-likeness (QED) is 0.107. The largest absolute Gasteiger partial charge is 0.309 e. The third-order valence-corrected chi connectivity index (χ3v) is 17.1. The molecule has 13 rings (SSSR count). The molecular weight excluding hydrogens is 880 g/mol. The first kappa shape index (κ1) is 42.2. The van der Waals surface area contributed by atoms with Crippen LogP contribution in [0.4, 0.5) is 0 Å². The molecule has 0 bridgehead atoms. The van der Waals surface area contributed by atoms with Gasteiger partial charge < -0.3 is 4.57 Å². The summed E-state index contributed by atoms with van der Waals surface area (Å²) in [6, 6.07) is 96.0. The van der Waals surface area contributed by atoms with Crippen LogP contribution in [0.5, 0.6) is 0 Å². The average molecular weight is 925 g/mol. The van der Waals surface area contributed by atoms with Crippen molar-refractivity contribution in [2.45, 2.75) is 0 Å². The molecule has 12 aromatic carbocycles. The number of hydrogen-bond donors (Lipinski definition) is 0. The van der Waals surface area contributed by atoms with Crippen molar-refractivity contribution < 1.29 is 4.57 Å². The van der Waals surface area contributed by atoms with Gasteiger partial charge in [-0.25, -0.2) is 4.98 Å². The van der Waals surface area contributed by atoms with Gasteiger partial charge in [0.1, 0.15) is 5.82 Å². The normalized spacial score (nSPS) is 11.7. The summed E-state index contributed by atoms with van der Waals surface area (Å²) < 4.78 is 17.5. The first-order valence-electron chi connectivity index (χ1n) is 24.1. The second-order valence-electron chi connectivity index (χ2n) is 18.2. The summed E-state index contributed by atoms with van der Waals surface area (Å²) in [5.74, 6) is 0.919. The number of aromatic nitrogens is 2. The van der Waals surface area contributed by atoms with Crippen LogP contribution in [-0.2, 0) is 4.57 Å². The zero-order valence-corrected chi connectivity index (χ0v) is 39.6. The number of rotatable bonds is 9. The van der Waals surface area contributed by atoms with Gasteiger partial charge in [0.15, 0.2) is 7.14 Å². The second kappa shape index (κ2) is 17.6. The minimum atomic E-state index is -3.13. The van der Waals surface area contributed by atoms with Gasteiger partial charge in [0.25, 0.3) is 0 Å². The van der Waals surface area contributed by atoms with Gasteiger partial charge in [-0.3, -0.25) is 4.57 Å². The summed E-state index contributed by atoms with van der Waals surface area (Å²) in [6.45, 7) is 0. The Morgan fingerprint density at radius 1 is 0.310 bits per heavy atom. The van der Waals surface area contributed by atoms with E-state index in [1.54, 1.807) is 0 Å². The van der Waals surface area contributed by atoms with Crippen molar-refractivity contribution in [1.29, 1.82) is 0 Å². The molecule has 0 aliphatic heterocycles. The third-order valence-electron chi connectivity index (χ3n) is 14.1. The van der Waals surface area contributed by atoms with E-state index in [2.05, 4.69) is 211 Å². The maximum Gasteiger partial charge on any atom is 0.171 e. The molecule has 0 aliphatic rings. The second-order valence-corrected chi connectivity index (χ2v) is 21.0. The van der Waals surface area contributed by atoms with Crippen LogP contribution in [-0.4, -0.2) is 9.55 Å². The summed E-state index contributed by atoms with van der Waals surface area (Å²) in [4.78, 5) is 5.25. The zero-order chi connectivity index (χ0) is 47.3. The van der Waals surface area contributed by atoms with E-state index in [0.29, 0.717) is 0 Å². The molecule has 0 saturated carbocycles. The molecule has 0 spiro atoms. The molecule has 0 saturated heterocycles. The Hall–Kier alpha value is -8.88. The highest BCUT2D eigenvalue weighted by Gasteiger charge is 2.29. The summed E-state index contributed by atoms with van der Waals surface area (Å²) in [6.07, 6.45) is 0. The SMILES string of the molecule is O=P(c1ccccc1)(c1ccccc1)c1ccc(-c2ccc3c(-c4ccc(-c5ccc6c(c5)nc(-c5ccccc5)n6-c5ccccc5)cc4)c4ccccc4c(-c4ccc5ccccc5c4)c3c2)cc1. The maximum atomic E-state index is 15.3. The molecule has 334 valence electrons. The number of imidazole rings is 1. The minimum absolute atomic E-state index is 0.812. The lowest BCUT2D eigenvalue weighted by atomic mass is 9.84. The van der Waals surface area contributed by atoms with Crippen molar-refractivity contribution in [2.24, 2.45) is 0 Å². The van der Waals surface area contributed by atoms with Crippen molar-refractivity contribution in [3.63, 3.8) is 0 Å². The van der Waals surface area contributed by atoms with E-state index in [-0.39, 0.29) is 0 Å². The van der Waals surface area contributed by atoms with Crippen LogP contribution in [0.3, 0.4) is 0 Å². The van der Waals surface area contributed by atoms with E-state index in [4.69, 9.17) is 4.98 Å². The smallest absolute Gasteiger partial charge is 0.171 e. The van der Waals surface area contributed by atoms with Crippen LogP contribution in [0, 0.1) is 0 Å². The third kappa shape index (κ3) is 7.38. The lowest BCUT2D eigenvalue weighted by Gasteiger charge is -2.21. The molecule has 0 N–H and O–H groups in total. The maximum absolute atomic E-state index is 15.3. The molecule has 0 aliphatic carbocycles. The van der Waals surface area contributed by atoms with Crippen molar-refractivity contribution in [3.05, 3.63) is 273 Å². The van der Waals surface area contributed by atoms with E-state index >= 15 is 4.57 Å². The molecule has 0 amide bonds. The number of hydrogen-bond acceptors (Lipinski definition) is 2. The summed E-state index contributed by atoms with van der Waals surface area (Å²) in [7, 11) is -3.13. The highest BCUT2D eigenvalue weighted by molar-refractivity contribution is 7.85. The van der Waals surface area contributed by atoms with E-state index in [1.807, 2.05) is 66.7 Å². The number of benzene rings is 12. The van der Waals surface area contributed by atoms with Crippen molar-refractivity contribution in [1.82, 2.24) is 9.55 Å². The topological polar surface area (TPSA) is 34.9 Å². The Morgan fingerprint density at radius 2 is 0.775 bits per heavy atom. The Morgan fingerprint density at radius 3 is 1.44 bits per heavy atom. The Balaban J connectivity index is 0.947. The molecule has 3 nitrogen and oxygen atoms in total. The minimum Gasteiger partial charge on any atom is -0.309 e. The lowest BCUT2D eigenvalue weighted by Crippen LogP contribution is -2.24. The van der Waals surface area contributed by atoms with Crippen LogP contribution in [0.25, 0.3) is 105 Å². The van der Waals surface area contributed by atoms with Crippen LogP contribution < -0.4 is 15.9 Å². The van der Waals surface area contributed by atoms with Gasteiger partial charge in [-0.2, -0.15) is 0 Å². The summed E-state index contributed by atoms with van der Waals surface area (Å²) >= 11 is 0. The van der Waals surface area contributed by atoms with Crippen molar-refractivity contribution >= 4 is 66.4 Å². The van der Waals surface area contributed by atoms with Crippen LogP contribution in [0.2, 0.25) is 0 Å². The Kier molecular flexibility index (Phi) is 10.5. The predicted octanol–water partition coefficient (Wildman–Crippen LogP) is 16.5. The fourth-order valence-corrected chi connectivity index (χ4v) is 13.3. The first-order valence-corrected chi connectivity index (χ1v) is 25.8. The molecule has 13 aromatic rings. The fourth-order valence-electron chi connectivity index (χ4n) is 10.6. The van der Waals surface area contributed by atoms with Crippen LogP contribution >= 0.6 is 7.14 Å². The molecule has 71 heavy (non-hydrogen) atoms. The van der Waals surface area contributed by atoms with Crippen LogP contribution in [0.1, 0.15) is 0 Å². The van der Waals surface area contributed by atoms with Gasteiger partial charge >= 0.3 is 0 Å². The number of fused-ring (bicyclic) bond motifs is 4. The molecular formula is C67H45N2OP. The number of nitrogens with zero attached hydrogens (tertiary/aromatic N) is 2. The van der Waals surface area contributed by atoms with Gasteiger partial charge in [-0.15, -0.1) is 0 Å². The summed E-state index contributed by atoms with van der Waals surface area (Å²) in [5.41, 5.74) is 13.3. The Bertz CT molecular complexity index is 4110. The fraction of sp³-hybridized carbons (Fsp3) is 0. The van der Waals surface area contributed by atoms with E-state index in [9.17, 15) is 0 Å². The summed E-state index contributed by atoms with van der Waals surface area (Å²) in [5, 5.41) is 9.63. The van der Waals surface area contributed by atoms with Gasteiger partial charge in [-0.05, 0) is 113 Å². The molecule has 4 heteroatoms. The van der Waals surface area contributed by atoms with E-state index in [1.165, 1.54) is 49.0 Å². The van der Waals surface area contributed by atoms with Gasteiger partial charge in [0.05, 0.1) is 11.0 Å². The first-order chi connectivity index (χ1) is 35.1. The highest BCUT2D eigenvalue weighted by atomic mass is 31.2. The van der Waals surface area contributed by atoms with Crippen molar-refractivity contribution in [3.8, 4) is 61.6 Å². The molecule has 0 unspecified atom stereocenters. The monoisotopic (exact) mass is 924 g/mol. The lowest BCUT2D eigenvalue weighted by molar-refractivity contribution is 0.592. The van der Waals surface area contributed by atoms with Crippen molar-refractivity contribution in [2.75, 3.05) is 0 Å². The standard InChI is InChI=1S/C67H45N2OP/c70-71(56-23-9-3-10-24-56,57-25-11-4-12-26-57)58-39-35-48(36-40-58)52-37-41-61-62(44-52)66(54-34-31-46-17-13-14-20-51(46)43-54)60-28-16-15-27-59(60)65(61)49-32-29-47(30-33-49)53-38-42-64-63(45-53)68-67(50-18-5-1-6-19-50)69(64)55-21-7-2-8-22-55/h1-45H. The Labute approximate surface area is 413 Å². The predicted molar refractivity (Wildman–Crippen MR) is 300 cm³/mol. The molecule has 0 atom stereocenters. The average Bonchev–Trinajstić information content (AvgIpc) is 3.84. The van der Waals surface area contributed by atoms with E-state index < -0.39 is 7.14 Å². The van der Waals surface area contributed by atoms with Crippen LogP contribution in [0.15, 0.2) is 273 Å². The number of para-hydroxylation sites is 1. The highest BCUT2D eigenvalue weighted by Crippen LogP contribution is 2.47. The molecule has 0 fully saturated rings.